The van der Waals surface area contributed by atoms with Crippen LogP contribution in [-0.4, -0.2) is 36.5 Å². The van der Waals surface area contributed by atoms with Crippen molar-refractivity contribution in [3.63, 3.8) is 0 Å². The summed E-state index contributed by atoms with van der Waals surface area (Å²) in [6.07, 6.45) is 2.21. The fourth-order valence-electron chi connectivity index (χ4n) is 2.12. The van der Waals surface area contributed by atoms with Gasteiger partial charge in [0.25, 0.3) is 0 Å². The van der Waals surface area contributed by atoms with Gasteiger partial charge >= 0.3 is 0 Å². The molecule has 20 heavy (non-hydrogen) atoms. The number of halogens is 2. The molecule has 1 aliphatic heterocycles. The van der Waals surface area contributed by atoms with Gasteiger partial charge < -0.3 is 15.4 Å². The van der Waals surface area contributed by atoms with E-state index >= 15 is 0 Å². The molecular weight excluding hydrogens is 391 g/mol. The summed E-state index contributed by atoms with van der Waals surface area (Å²) in [7, 11) is 0. The lowest BCUT2D eigenvalue weighted by molar-refractivity contribution is -0.130. The van der Waals surface area contributed by atoms with Crippen LogP contribution in [0.5, 0.6) is 5.75 Å². The van der Waals surface area contributed by atoms with Crippen LogP contribution >= 0.6 is 35.0 Å². The molecule has 6 heteroatoms. The fraction of sp³-hybridized carbons (Fsp3) is 0.500. The maximum atomic E-state index is 11.9. The van der Waals surface area contributed by atoms with Crippen molar-refractivity contribution in [2.45, 2.75) is 25.3 Å². The number of hydrogen-bond acceptors (Lipinski definition) is 3. The number of ether oxygens (including phenoxy) is 1. The van der Waals surface area contributed by atoms with Crippen molar-refractivity contribution >= 4 is 40.9 Å². The van der Waals surface area contributed by atoms with E-state index in [1.165, 1.54) is 3.57 Å². The van der Waals surface area contributed by atoms with Gasteiger partial charge in [-0.15, -0.1) is 12.4 Å². The molecule has 0 radical (unpaired) electrons. The molecule has 2 rings (SSSR count). The first-order chi connectivity index (χ1) is 9.15. The van der Waals surface area contributed by atoms with Gasteiger partial charge in [-0.25, -0.2) is 0 Å². The van der Waals surface area contributed by atoms with Crippen molar-refractivity contribution in [1.82, 2.24) is 4.90 Å². The van der Waals surface area contributed by atoms with Crippen LogP contribution < -0.4 is 10.5 Å². The molecule has 0 unspecified atom stereocenters. The van der Waals surface area contributed by atoms with Gasteiger partial charge in [0.15, 0.2) is 0 Å². The highest BCUT2D eigenvalue weighted by molar-refractivity contribution is 14.1. The van der Waals surface area contributed by atoms with Crippen LogP contribution in [0.1, 0.15) is 19.3 Å². The number of carbonyl (C=O) groups is 1. The summed E-state index contributed by atoms with van der Waals surface area (Å²) in [5.41, 5.74) is 5.79. The van der Waals surface area contributed by atoms with Crippen molar-refractivity contribution < 1.29 is 9.53 Å². The molecule has 1 amide bonds. The Morgan fingerprint density at radius 1 is 1.40 bits per heavy atom. The number of carbonyl (C=O) groups excluding carboxylic acids is 1. The van der Waals surface area contributed by atoms with Crippen LogP contribution in [0.25, 0.3) is 0 Å². The predicted molar refractivity (Wildman–Crippen MR) is 90.3 cm³/mol. The second kappa shape index (κ2) is 8.69. The molecule has 112 valence electrons. The average Bonchev–Trinajstić information content (AvgIpc) is 2.83. The highest BCUT2D eigenvalue weighted by Gasteiger charge is 2.22. The van der Waals surface area contributed by atoms with Gasteiger partial charge in [-0.3, -0.25) is 4.79 Å². The molecule has 1 fully saturated rings. The lowest BCUT2D eigenvalue weighted by Crippen LogP contribution is -2.31. The minimum atomic E-state index is 0. The first kappa shape index (κ1) is 17.5. The second-order valence-corrected chi connectivity index (χ2v) is 6.04. The molecule has 1 heterocycles. The summed E-state index contributed by atoms with van der Waals surface area (Å²) >= 11 is 2.26. The van der Waals surface area contributed by atoms with Gasteiger partial charge in [-0.05, 0) is 59.7 Å². The molecule has 1 aromatic rings. The van der Waals surface area contributed by atoms with E-state index in [-0.39, 0.29) is 24.4 Å². The standard InChI is InChI=1S/C14H19IN2O2.ClH/c15-11-3-5-13(6-4-11)19-9-1-2-14(18)17-8-7-12(16)10-17;/h3-6,12H,1-2,7-10,16H2;1H/t12-;/m1./s1. The normalized spacial score (nSPS) is 17.7. The third kappa shape index (κ3) is 5.46. The number of benzene rings is 1. The maximum absolute atomic E-state index is 11.9. The van der Waals surface area contributed by atoms with E-state index in [1.54, 1.807) is 0 Å². The summed E-state index contributed by atoms with van der Waals surface area (Å²) in [6.45, 7) is 2.08. The lowest BCUT2D eigenvalue weighted by Gasteiger charge is -2.15. The first-order valence-corrected chi connectivity index (χ1v) is 7.65. The summed E-state index contributed by atoms with van der Waals surface area (Å²) in [5, 5.41) is 0. The lowest BCUT2D eigenvalue weighted by atomic mass is 10.3. The molecule has 2 N–H and O–H groups in total. The average molecular weight is 411 g/mol. The van der Waals surface area contributed by atoms with Crippen LogP contribution in [0, 0.1) is 3.57 Å². The molecule has 1 saturated heterocycles. The van der Waals surface area contributed by atoms with Gasteiger partial charge in [0, 0.05) is 29.1 Å². The minimum Gasteiger partial charge on any atom is -0.494 e. The van der Waals surface area contributed by atoms with E-state index in [0.29, 0.717) is 19.6 Å². The molecular formula is C14H20ClIN2O2. The molecule has 0 spiro atoms. The van der Waals surface area contributed by atoms with Crippen LogP contribution in [0.3, 0.4) is 0 Å². The Bertz CT molecular complexity index is 428. The summed E-state index contributed by atoms with van der Waals surface area (Å²) < 4.78 is 6.78. The number of likely N-dealkylation sites (tertiary alicyclic amines) is 1. The third-order valence-electron chi connectivity index (χ3n) is 3.19. The maximum Gasteiger partial charge on any atom is 0.222 e. The molecule has 1 aliphatic rings. The predicted octanol–water partition coefficient (Wildman–Crippen LogP) is 2.43. The number of nitrogens with zero attached hydrogens (tertiary/aromatic N) is 1. The Balaban J connectivity index is 0.00000200. The summed E-state index contributed by atoms with van der Waals surface area (Å²) in [6, 6.07) is 8.07. The molecule has 0 bridgehead atoms. The summed E-state index contributed by atoms with van der Waals surface area (Å²) in [5.74, 6) is 1.05. The molecule has 0 aromatic heterocycles. The van der Waals surface area contributed by atoms with E-state index in [2.05, 4.69) is 22.6 Å². The largest absolute Gasteiger partial charge is 0.494 e. The number of rotatable bonds is 5. The molecule has 1 aromatic carbocycles. The Kier molecular flexibility index (Phi) is 7.61. The Hall–Kier alpha value is -0.530. The van der Waals surface area contributed by atoms with Gasteiger partial charge in [-0.1, -0.05) is 0 Å². The highest BCUT2D eigenvalue weighted by Crippen LogP contribution is 2.14. The molecule has 4 nitrogen and oxygen atoms in total. The number of nitrogens with two attached hydrogens (primary N) is 1. The zero-order chi connectivity index (χ0) is 13.7. The van der Waals surface area contributed by atoms with Crippen LogP contribution in [0.4, 0.5) is 0 Å². The Morgan fingerprint density at radius 2 is 2.10 bits per heavy atom. The van der Waals surface area contributed by atoms with E-state index in [1.807, 2.05) is 29.2 Å². The topological polar surface area (TPSA) is 55.6 Å². The van der Waals surface area contributed by atoms with Crippen LogP contribution in [0.15, 0.2) is 24.3 Å². The zero-order valence-electron chi connectivity index (χ0n) is 11.3. The van der Waals surface area contributed by atoms with E-state index in [4.69, 9.17) is 10.5 Å². The number of amides is 1. The van der Waals surface area contributed by atoms with Crippen LogP contribution in [-0.2, 0) is 4.79 Å². The van der Waals surface area contributed by atoms with Crippen molar-refractivity contribution in [2.24, 2.45) is 5.73 Å². The smallest absolute Gasteiger partial charge is 0.222 e. The Labute approximate surface area is 139 Å². The van der Waals surface area contributed by atoms with Gasteiger partial charge in [-0.2, -0.15) is 0 Å². The second-order valence-electron chi connectivity index (χ2n) is 4.79. The molecule has 1 atom stereocenters. The van der Waals surface area contributed by atoms with Gasteiger partial charge in [0.05, 0.1) is 6.61 Å². The van der Waals surface area contributed by atoms with E-state index in [9.17, 15) is 4.79 Å². The van der Waals surface area contributed by atoms with Gasteiger partial charge in [0.2, 0.25) is 5.91 Å². The fourth-order valence-corrected chi connectivity index (χ4v) is 2.48. The molecule has 0 saturated carbocycles. The quantitative estimate of drug-likeness (QED) is 0.599. The first-order valence-electron chi connectivity index (χ1n) is 6.57. The zero-order valence-corrected chi connectivity index (χ0v) is 14.2. The Morgan fingerprint density at radius 3 is 2.70 bits per heavy atom. The molecule has 0 aliphatic carbocycles. The highest BCUT2D eigenvalue weighted by atomic mass is 127. The minimum absolute atomic E-state index is 0. The van der Waals surface area contributed by atoms with Crippen molar-refractivity contribution in [2.75, 3.05) is 19.7 Å². The summed E-state index contributed by atoms with van der Waals surface area (Å²) in [4.78, 5) is 13.7. The van der Waals surface area contributed by atoms with Crippen molar-refractivity contribution in [3.05, 3.63) is 27.8 Å². The van der Waals surface area contributed by atoms with Crippen LogP contribution in [0.2, 0.25) is 0 Å². The van der Waals surface area contributed by atoms with Gasteiger partial charge in [0.1, 0.15) is 5.75 Å². The SMILES string of the molecule is Cl.N[C@@H]1CCN(C(=O)CCCOc2ccc(I)cc2)C1. The van der Waals surface area contributed by atoms with E-state index in [0.717, 1.165) is 25.1 Å². The third-order valence-corrected chi connectivity index (χ3v) is 3.91. The van der Waals surface area contributed by atoms with E-state index < -0.39 is 0 Å². The van der Waals surface area contributed by atoms with Crippen molar-refractivity contribution in [1.29, 1.82) is 0 Å². The monoisotopic (exact) mass is 410 g/mol. The number of hydrogen-bond donors (Lipinski definition) is 1. The van der Waals surface area contributed by atoms with Crippen molar-refractivity contribution in [3.8, 4) is 5.75 Å².